The van der Waals surface area contributed by atoms with Crippen LogP contribution in [0.4, 0.5) is 18.9 Å². The molecule has 6 heteroatoms. The number of aromatic nitrogens is 2. The summed E-state index contributed by atoms with van der Waals surface area (Å²) in [4.78, 5) is 0. The Morgan fingerprint density at radius 1 is 1.29 bits per heavy atom. The molecule has 0 atom stereocenters. The molecule has 3 N–H and O–H groups in total. The average Bonchev–Trinajstić information content (AvgIpc) is 2.47. The van der Waals surface area contributed by atoms with E-state index in [9.17, 15) is 13.2 Å². The van der Waals surface area contributed by atoms with Gasteiger partial charge in [0.25, 0.3) is 0 Å². The molecule has 1 aromatic heterocycles. The van der Waals surface area contributed by atoms with Crippen molar-refractivity contribution < 1.29 is 13.2 Å². The minimum atomic E-state index is -4.41. The first-order valence-electron chi connectivity index (χ1n) is 3.78. The summed E-state index contributed by atoms with van der Waals surface area (Å²) >= 11 is 0. The van der Waals surface area contributed by atoms with E-state index < -0.39 is 11.7 Å². The van der Waals surface area contributed by atoms with E-state index in [1.807, 2.05) is 0 Å². The van der Waals surface area contributed by atoms with Gasteiger partial charge in [-0.1, -0.05) is 0 Å². The van der Waals surface area contributed by atoms with Crippen LogP contribution < -0.4 is 5.73 Å². The molecule has 3 nitrogen and oxygen atoms in total. The van der Waals surface area contributed by atoms with Gasteiger partial charge in [-0.2, -0.15) is 18.3 Å². The van der Waals surface area contributed by atoms with E-state index in [0.29, 0.717) is 0 Å². The largest absolute Gasteiger partial charge is 0.417 e. The SMILES string of the molecule is Nc1cc(C(F)(F)F)c2cn[nH]c2c1. The zero-order valence-corrected chi connectivity index (χ0v) is 6.89. The molecule has 0 aliphatic carbocycles. The topological polar surface area (TPSA) is 54.7 Å². The maximum atomic E-state index is 12.5. The molecule has 0 aliphatic heterocycles. The van der Waals surface area contributed by atoms with Crippen molar-refractivity contribution in [2.24, 2.45) is 0 Å². The summed E-state index contributed by atoms with van der Waals surface area (Å²) in [6, 6.07) is 2.31. The number of nitrogens with two attached hydrogens (primary N) is 1. The van der Waals surface area contributed by atoms with Crippen LogP contribution in [-0.4, -0.2) is 10.2 Å². The molecular weight excluding hydrogens is 195 g/mol. The van der Waals surface area contributed by atoms with Crippen LogP contribution in [0.2, 0.25) is 0 Å². The summed E-state index contributed by atoms with van der Waals surface area (Å²) in [6.07, 6.45) is -3.27. The second-order valence-electron chi connectivity index (χ2n) is 2.90. The van der Waals surface area contributed by atoms with Gasteiger partial charge in [-0.15, -0.1) is 0 Å². The Labute approximate surface area is 76.7 Å². The highest BCUT2D eigenvalue weighted by atomic mass is 19.4. The van der Waals surface area contributed by atoms with E-state index in [4.69, 9.17) is 5.73 Å². The molecule has 0 spiro atoms. The van der Waals surface area contributed by atoms with Gasteiger partial charge in [-0.25, -0.2) is 0 Å². The van der Waals surface area contributed by atoms with Crippen molar-refractivity contribution in [2.45, 2.75) is 6.18 Å². The van der Waals surface area contributed by atoms with Gasteiger partial charge in [0, 0.05) is 11.1 Å². The molecular formula is C8H6F3N3. The Kier molecular flexibility index (Phi) is 1.67. The molecule has 0 saturated heterocycles. The highest BCUT2D eigenvalue weighted by molar-refractivity contribution is 5.85. The number of aromatic amines is 1. The van der Waals surface area contributed by atoms with Crippen LogP contribution >= 0.6 is 0 Å². The fraction of sp³-hybridized carbons (Fsp3) is 0.125. The van der Waals surface area contributed by atoms with Gasteiger partial charge in [0.2, 0.25) is 0 Å². The summed E-state index contributed by atoms with van der Waals surface area (Å²) in [7, 11) is 0. The molecule has 0 aliphatic rings. The number of nitrogens with one attached hydrogen (secondary N) is 1. The van der Waals surface area contributed by atoms with Crippen molar-refractivity contribution in [2.75, 3.05) is 5.73 Å². The van der Waals surface area contributed by atoms with E-state index in [0.717, 1.165) is 12.3 Å². The summed E-state index contributed by atoms with van der Waals surface area (Å²) < 4.78 is 37.4. The summed E-state index contributed by atoms with van der Waals surface area (Å²) in [5.74, 6) is 0. The highest BCUT2D eigenvalue weighted by Crippen LogP contribution is 2.35. The zero-order valence-electron chi connectivity index (χ0n) is 6.89. The van der Waals surface area contributed by atoms with Gasteiger partial charge >= 0.3 is 6.18 Å². The van der Waals surface area contributed by atoms with Gasteiger partial charge in [-0.05, 0) is 12.1 Å². The fourth-order valence-corrected chi connectivity index (χ4v) is 1.31. The highest BCUT2D eigenvalue weighted by Gasteiger charge is 2.33. The Hall–Kier alpha value is -1.72. The number of hydrogen-bond acceptors (Lipinski definition) is 2. The smallest absolute Gasteiger partial charge is 0.399 e. The van der Waals surface area contributed by atoms with Crippen molar-refractivity contribution in [3.8, 4) is 0 Å². The quantitative estimate of drug-likeness (QED) is 0.641. The lowest BCUT2D eigenvalue weighted by Crippen LogP contribution is -2.06. The number of alkyl halides is 3. The molecule has 0 fully saturated rings. The molecule has 0 saturated carbocycles. The number of halogens is 3. The molecule has 1 heterocycles. The zero-order chi connectivity index (χ0) is 10.3. The minimum Gasteiger partial charge on any atom is -0.399 e. The molecule has 14 heavy (non-hydrogen) atoms. The van der Waals surface area contributed by atoms with Crippen molar-refractivity contribution >= 4 is 16.6 Å². The second kappa shape index (κ2) is 2.63. The predicted molar refractivity (Wildman–Crippen MR) is 45.5 cm³/mol. The first-order chi connectivity index (χ1) is 6.48. The van der Waals surface area contributed by atoms with Crippen LogP contribution in [0.3, 0.4) is 0 Å². The third-order valence-corrected chi connectivity index (χ3v) is 1.89. The van der Waals surface area contributed by atoms with Gasteiger partial charge in [0.15, 0.2) is 0 Å². The molecule has 0 radical (unpaired) electrons. The molecule has 0 bridgehead atoms. The van der Waals surface area contributed by atoms with E-state index >= 15 is 0 Å². The van der Waals surface area contributed by atoms with E-state index in [1.54, 1.807) is 0 Å². The average molecular weight is 201 g/mol. The first kappa shape index (κ1) is 8.86. The Balaban J connectivity index is 2.80. The van der Waals surface area contributed by atoms with Gasteiger partial charge < -0.3 is 5.73 Å². The minimum absolute atomic E-state index is 0.0340. The normalized spacial score (nSPS) is 12.2. The molecule has 0 unspecified atom stereocenters. The van der Waals surface area contributed by atoms with E-state index in [2.05, 4.69) is 10.2 Å². The summed E-state index contributed by atoms with van der Waals surface area (Å²) in [6.45, 7) is 0. The number of hydrogen-bond donors (Lipinski definition) is 2. The summed E-state index contributed by atoms with van der Waals surface area (Å²) in [5, 5.41) is 6.01. The number of nitrogen functional groups attached to an aromatic ring is 1. The second-order valence-corrected chi connectivity index (χ2v) is 2.90. The molecule has 0 amide bonds. The lowest BCUT2D eigenvalue weighted by molar-refractivity contribution is -0.136. The lowest BCUT2D eigenvalue weighted by Gasteiger charge is -2.08. The number of nitrogens with zero attached hydrogens (tertiary/aromatic N) is 1. The van der Waals surface area contributed by atoms with Gasteiger partial charge in [0.1, 0.15) is 0 Å². The van der Waals surface area contributed by atoms with Gasteiger partial charge in [-0.3, -0.25) is 5.10 Å². The van der Waals surface area contributed by atoms with Gasteiger partial charge in [0.05, 0.1) is 17.3 Å². The van der Waals surface area contributed by atoms with Crippen LogP contribution in [0.25, 0.3) is 10.9 Å². The third-order valence-electron chi connectivity index (χ3n) is 1.89. The van der Waals surface area contributed by atoms with Crippen LogP contribution in [0.1, 0.15) is 5.56 Å². The Morgan fingerprint density at radius 2 is 2.00 bits per heavy atom. The van der Waals surface area contributed by atoms with E-state index in [-0.39, 0.29) is 16.6 Å². The molecule has 2 rings (SSSR count). The van der Waals surface area contributed by atoms with Crippen molar-refractivity contribution in [3.63, 3.8) is 0 Å². The van der Waals surface area contributed by atoms with Crippen molar-refractivity contribution in [1.82, 2.24) is 10.2 Å². The number of anilines is 1. The third kappa shape index (κ3) is 1.28. The molecule has 74 valence electrons. The fourth-order valence-electron chi connectivity index (χ4n) is 1.31. The Morgan fingerprint density at radius 3 is 2.64 bits per heavy atom. The first-order valence-corrected chi connectivity index (χ1v) is 3.78. The monoisotopic (exact) mass is 201 g/mol. The maximum absolute atomic E-state index is 12.5. The van der Waals surface area contributed by atoms with Crippen LogP contribution in [0.15, 0.2) is 18.3 Å². The lowest BCUT2D eigenvalue weighted by atomic mass is 10.1. The molecule has 2 aromatic rings. The van der Waals surface area contributed by atoms with E-state index in [1.165, 1.54) is 6.07 Å². The number of fused-ring (bicyclic) bond motifs is 1. The summed E-state index contributed by atoms with van der Waals surface area (Å²) in [5.41, 5.74) is 4.92. The predicted octanol–water partition coefficient (Wildman–Crippen LogP) is 2.16. The van der Waals surface area contributed by atoms with Crippen LogP contribution in [0.5, 0.6) is 0 Å². The number of H-pyrrole nitrogens is 1. The van der Waals surface area contributed by atoms with Crippen LogP contribution in [0, 0.1) is 0 Å². The van der Waals surface area contributed by atoms with Crippen LogP contribution in [-0.2, 0) is 6.18 Å². The number of benzene rings is 1. The maximum Gasteiger partial charge on any atom is 0.417 e. The standard InChI is InChI=1S/C8H6F3N3/c9-8(10,11)6-1-4(12)2-7-5(6)3-13-14-7/h1-3H,12H2,(H,13,14). The molecule has 1 aromatic carbocycles. The van der Waals surface area contributed by atoms with Crippen molar-refractivity contribution in [1.29, 1.82) is 0 Å². The van der Waals surface area contributed by atoms with Crippen molar-refractivity contribution in [3.05, 3.63) is 23.9 Å². The number of rotatable bonds is 0. The Bertz CT molecular complexity index is 472.